The van der Waals surface area contributed by atoms with Gasteiger partial charge >= 0.3 is 0 Å². The Bertz CT molecular complexity index is 536. The van der Waals surface area contributed by atoms with Gasteiger partial charge in [0.2, 0.25) is 0 Å². The molecule has 0 spiro atoms. The van der Waals surface area contributed by atoms with E-state index in [-0.39, 0.29) is 12.6 Å². The molecule has 0 saturated heterocycles. The first kappa shape index (κ1) is 13.7. The number of nitrogens with zero attached hydrogens (tertiary/aromatic N) is 1. The highest BCUT2D eigenvalue weighted by molar-refractivity contribution is 6.30. The second-order valence-corrected chi connectivity index (χ2v) is 4.36. The molecule has 1 heterocycles. The fraction of sp³-hybridized carbons (Fsp3) is 0.154. The predicted octanol–water partition coefficient (Wildman–Crippen LogP) is 2.46. The van der Waals surface area contributed by atoms with Gasteiger partial charge < -0.3 is 4.74 Å². The van der Waals surface area contributed by atoms with Crippen LogP contribution in [0.2, 0.25) is 5.02 Å². The topological polar surface area (TPSA) is 60.2 Å². The van der Waals surface area contributed by atoms with Crippen LogP contribution in [0.3, 0.4) is 0 Å². The van der Waals surface area contributed by atoms with Crippen LogP contribution in [0.4, 0.5) is 4.39 Å². The van der Waals surface area contributed by atoms with E-state index in [0.29, 0.717) is 16.3 Å². The van der Waals surface area contributed by atoms with Crippen LogP contribution in [0.5, 0.6) is 5.75 Å². The highest BCUT2D eigenvalue weighted by Gasteiger charge is 2.11. The van der Waals surface area contributed by atoms with Crippen LogP contribution < -0.4 is 16.0 Å². The Kier molecular flexibility index (Phi) is 4.68. The molecule has 0 aliphatic heterocycles. The third-order valence-electron chi connectivity index (χ3n) is 2.56. The van der Waals surface area contributed by atoms with E-state index in [1.165, 1.54) is 6.07 Å². The van der Waals surface area contributed by atoms with Crippen LogP contribution in [0.15, 0.2) is 42.7 Å². The predicted molar refractivity (Wildman–Crippen MR) is 71.2 cm³/mol. The standard InChI is InChI=1S/C13H13ClFN3O/c14-10-1-3-12(4-2-10)19-8-13(18-16)9-5-11(15)7-17-6-9/h1-7,13,18H,8,16H2. The van der Waals surface area contributed by atoms with E-state index in [2.05, 4.69) is 10.4 Å². The monoisotopic (exact) mass is 281 g/mol. The highest BCUT2D eigenvalue weighted by atomic mass is 35.5. The molecule has 0 radical (unpaired) electrons. The minimum atomic E-state index is -0.413. The van der Waals surface area contributed by atoms with Crippen molar-refractivity contribution in [3.8, 4) is 5.75 Å². The molecule has 2 aromatic rings. The Morgan fingerprint density at radius 1 is 1.32 bits per heavy atom. The van der Waals surface area contributed by atoms with Crippen LogP contribution in [0.25, 0.3) is 0 Å². The molecule has 19 heavy (non-hydrogen) atoms. The molecule has 2 rings (SSSR count). The molecule has 0 saturated carbocycles. The van der Waals surface area contributed by atoms with Crippen molar-refractivity contribution in [3.05, 3.63) is 59.1 Å². The second-order valence-electron chi connectivity index (χ2n) is 3.92. The van der Waals surface area contributed by atoms with Crippen LogP contribution in [-0.4, -0.2) is 11.6 Å². The molecular formula is C13H13ClFN3O. The highest BCUT2D eigenvalue weighted by Crippen LogP contribution is 2.18. The van der Waals surface area contributed by atoms with Gasteiger partial charge in [0, 0.05) is 11.2 Å². The molecule has 100 valence electrons. The van der Waals surface area contributed by atoms with Crippen molar-refractivity contribution in [1.82, 2.24) is 10.4 Å². The van der Waals surface area contributed by atoms with Crippen molar-refractivity contribution in [3.63, 3.8) is 0 Å². The molecule has 4 nitrogen and oxygen atoms in total. The first-order valence-corrected chi connectivity index (χ1v) is 6.02. The molecule has 3 N–H and O–H groups in total. The zero-order valence-electron chi connectivity index (χ0n) is 10.0. The van der Waals surface area contributed by atoms with E-state index >= 15 is 0 Å². The lowest BCUT2D eigenvalue weighted by molar-refractivity contribution is 0.267. The maximum atomic E-state index is 13.1. The molecule has 0 aliphatic carbocycles. The van der Waals surface area contributed by atoms with Crippen molar-refractivity contribution in [2.45, 2.75) is 6.04 Å². The Balaban J connectivity index is 2.01. The number of ether oxygens (including phenoxy) is 1. The number of pyridine rings is 1. The lowest BCUT2D eigenvalue weighted by Crippen LogP contribution is -2.32. The van der Waals surface area contributed by atoms with Gasteiger partial charge in [0.15, 0.2) is 0 Å². The summed E-state index contributed by atoms with van der Waals surface area (Å²) in [4.78, 5) is 3.78. The Morgan fingerprint density at radius 3 is 2.68 bits per heavy atom. The Morgan fingerprint density at radius 2 is 2.05 bits per heavy atom. The molecule has 6 heteroatoms. The van der Waals surface area contributed by atoms with Crippen molar-refractivity contribution in [1.29, 1.82) is 0 Å². The van der Waals surface area contributed by atoms with E-state index in [1.807, 2.05) is 0 Å². The number of nitrogens with two attached hydrogens (primary N) is 1. The van der Waals surface area contributed by atoms with Gasteiger partial charge in [0.05, 0.1) is 12.2 Å². The smallest absolute Gasteiger partial charge is 0.141 e. The second kappa shape index (κ2) is 6.47. The number of hydrogen-bond donors (Lipinski definition) is 2. The first-order chi connectivity index (χ1) is 9.19. The maximum absolute atomic E-state index is 13.1. The van der Waals surface area contributed by atoms with Crippen LogP contribution in [-0.2, 0) is 0 Å². The average molecular weight is 282 g/mol. The van der Waals surface area contributed by atoms with Gasteiger partial charge in [-0.05, 0) is 35.9 Å². The third kappa shape index (κ3) is 3.89. The number of nitrogens with one attached hydrogen (secondary N) is 1. The van der Waals surface area contributed by atoms with E-state index in [1.54, 1.807) is 30.5 Å². The van der Waals surface area contributed by atoms with Crippen molar-refractivity contribution < 1.29 is 9.13 Å². The number of rotatable bonds is 5. The molecule has 0 bridgehead atoms. The van der Waals surface area contributed by atoms with Crippen LogP contribution in [0.1, 0.15) is 11.6 Å². The zero-order chi connectivity index (χ0) is 13.7. The number of hydrogen-bond acceptors (Lipinski definition) is 4. The van der Waals surface area contributed by atoms with Crippen LogP contribution in [0, 0.1) is 5.82 Å². The summed E-state index contributed by atoms with van der Waals surface area (Å²) < 4.78 is 18.6. The number of halogens is 2. The number of hydrazine groups is 1. The van der Waals surface area contributed by atoms with Crippen molar-refractivity contribution >= 4 is 11.6 Å². The Labute approximate surface area is 115 Å². The van der Waals surface area contributed by atoms with Gasteiger partial charge in [0.1, 0.15) is 18.2 Å². The van der Waals surface area contributed by atoms with Gasteiger partial charge in [-0.3, -0.25) is 10.8 Å². The van der Waals surface area contributed by atoms with E-state index in [9.17, 15) is 4.39 Å². The normalized spacial score (nSPS) is 12.2. The van der Waals surface area contributed by atoms with Gasteiger partial charge in [-0.25, -0.2) is 9.82 Å². The van der Waals surface area contributed by atoms with E-state index in [4.69, 9.17) is 22.2 Å². The number of benzene rings is 1. The summed E-state index contributed by atoms with van der Waals surface area (Å²) in [6.07, 6.45) is 2.68. The number of aromatic nitrogens is 1. The molecule has 1 atom stereocenters. The lowest BCUT2D eigenvalue weighted by atomic mass is 10.1. The minimum absolute atomic E-state index is 0.253. The summed E-state index contributed by atoms with van der Waals surface area (Å²) in [7, 11) is 0. The molecule has 1 aromatic heterocycles. The molecule has 0 amide bonds. The van der Waals surface area contributed by atoms with E-state index in [0.717, 1.165) is 6.20 Å². The van der Waals surface area contributed by atoms with Crippen molar-refractivity contribution in [2.24, 2.45) is 5.84 Å². The van der Waals surface area contributed by atoms with Crippen LogP contribution >= 0.6 is 11.6 Å². The van der Waals surface area contributed by atoms with E-state index < -0.39 is 5.82 Å². The summed E-state index contributed by atoms with van der Waals surface area (Å²) in [5.41, 5.74) is 3.19. The van der Waals surface area contributed by atoms with Crippen molar-refractivity contribution in [2.75, 3.05) is 6.61 Å². The van der Waals surface area contributed by atoms with Gasteiger partial charge in [-0.15, -0.1) is 0 Å². The molecular weight excluding hydrogens is 269 g/mol. The quantitative estimate of drug-likeness (QED) is 0.653. The summed E-state index contributed by atoms with van der Waals surface area (Å²) in [5.74, 6) is 5.69. The SMILES string of the molecule is NNC(COc1ccc(Cl)cc1)c1cncc(F)c1. The van der Waals surface area contributed by atoms with Gasteiger partial charge in [-0.1, -0.05) is 11.6 Å². The maximum Gasteiger partial charge on any atom is 0.141 e. The average Bonchev–Trinajstić information content (AvgIpc) is 2.42. The zero-order valence-corrected chi connectivity index (χ0v) is 10.8. The largest absolute Gasteiger partial charge is 0.492 e. The molecule has 0 aliphatic rings. The first-order valence-electron chi connectivity index (χ1n) is 5.64. The lowest BCUT2D eigenvalue weighted by Gasteiger charge is -2.16. The summed E-state index contributed by atoms with van der Waals surface area (Å²) in [6.45, 7) is 0.253. The summed E-state index contributed by atoms with van der Waals surface area (Å²) in [6, 6.07) is 7.97. The van der Waals surface area contributed by atoms with Gasteiger partial charge in [-0.2, -0.15) is 0 Å². The molecule has 1 aromatic carbocycles. The fourth-order valence-electron chi connectivity index (χ4n) is 1.57. The fourth-order valence-corrected chi connectivity index (χ4v) is 1.70. The summed E-state index contributed by atoms with van der Waals surface area (Å²) in [5, 5.41) is 0.634. The molecule has 0 fully saturated rings. The summed E-state index contributed by atoms with van der Waals surface area (Å²) >= 11 is 5.78. The molecule has 1 unspecified atom stereocenters. The third-order valence-corrected chi connectivity index (χ3v) is 2.81. The minimum Gasteiger partial charge on any atom is -0.492 e. The van der Waals surface area contributed by atoms with Gasteiger partial charge in [0.25, 0.3) is 0 Å². The Hall–Kier alpha value is -1.69.